The number of carbonyl (C=O) groups is 1. The molecule has 0 spiro atoms. The summed E-state index contributed by atoms with van der Waals surface area (Å²) in [4.78, 5) is 13.0. The summed E-state index contributed by atoms with van der Waals surface area (Å²) >= 11 is 8.08. The van der Waals surface area contributed by atoms with Crippen LogP contribution in [0.4, 0.5) is 0 Å². The van der Waals surface area contributed by atoms with Gasteiger partial charge in [0.2, 0.25) is 0 Å². The average Bonchev–Trinajstić information content (AvgIpc) is 3.07. The van der Waals surface area contributed by atoms with E-state index in [0.29, 0.717) is 6.47 Å². The van der Waals surface area contributed by atoms with Crippen LogP contribution in [0, 0.1) is 0 Å². The van der Waals surface area contributed by atoms with Crippen LogP contribution in [0.3, 0.4) is 0 Å². The minimum absolute atomic E-state index is 0.375. The predicted molar refractivity (Wildman–Crippen MR) is 98.0 cm³/mol. The summed E-state index contributed by atoms with van der Waals surface area (Å²) in [5.41, 5.74) is 2.72. The summed E-state index contributed by atoms with van der Waals surface area (Å²) in [7, 11) is 1.31. The number of ether oxygens (including phenoxy) is 1. The van der Waals surface area contributed by atoms with Gasteiger partial charge in [-0.3, -0.25) is 9.69 Å². The Morgan fingerprint density at radius 2 is 2.00 bits per heavy atom. The average molecular weight is 354 g/mol. The van der Waals surface area contributed by atoms with Crippen molar-refractivity contribution in [2.75, 3.05) is 13.7 Å². The largest absolute Gasteiger partial charge is 0.471 e. The minimum Gasteiger partial charge on any atom is -0.471 e. The molecule has 0 radical (unpaired) electrons. The minimum atomic E-state index is 0.375. The molecule has 1 aliphatic rings. The molecule has 2 aromatic rings. The van der Waals surface area contributed by atoms with Crippen LogP contribution in [0.15, 0.2) is 35.7 Å². The van der Waals surface area contributed by atoms with E-state index >= 15 is 0 Å². The number of fused-ring (bicyclic) bond motifs is 1. The van der Waals surface area contributed by atoms with Crippen molar-refractivity contribution in [1.82, 2.24) is 4.90 Å². The topological polar surface area (TPSA) is 29.5 Å². The van der Waals surface area contributed by atoms with Crippen LogP contribution < -0.4 is 0 Å². The van der Waals surface area contributed by atoms with Gasteiger partial charge in [0.05, 0.1) is 7.11 Å². The molecule has 3 nitrogen and oxygen atoms in total. The monoisotopic (exact) mass is 353 g/mol. The smallest absolute Gasteiger partial charge is 0.292 e. The summed E-state index contributed by atoms with van der Waals surface area (Å²) < 4.78 is 3.86. The molecular formula is C18H24ClNO2S. The second-order valence-corrected chi connectivity index (χ2v) is 6.16. The molecule has 0 N–H and O–H groups in total. The summed E-state index contributed by atoms with van der Waals surface area (Å²) in [5, 5.41) is 3.08. The molecule has 0 atom stereocenters. The molecule has 0 saturated carbocycles. The number of methoxy groups -OCH3 is 1. The van der Waals surface area contributed by atoms with Crippen molar-refractivity contribution < 1.29 is 9.53 Å². The lowest BCUT2D eigenvalue weighted by atomic mass is 10.1. The Bertz CT molecular complexity index is 586. The molecule has 1 aromatic carbocycles. The van der Waals surface area contributed by atoms with Crippen LogP contribution in [-0.2, 0) is 29.0 Å². The quantitative estimate of drug-likeness (QED) is 0.744. The van der Waals surface area contributed by atoms with E-state index in [9.17, 15) is 0 Å². The molecule has 0 saturated heterocycles. The van der Waals surface area contributed by atoms with E-state index in [1.165, 1.54) is 24.7 Å². The van der Waals surface area contributed by atoms with E-state index in [1.807, 2.05) is 37.3 Å². The van der Waals surface area contributed by atoms with Gasteiger partial charge < -0.3 is 4.74 Å². The van der Waals surface area contributed by atoms with Crippen molar-refractivity contribution in [2.24, 2.45) is 0 Å². The maximum absolute atomic E-state index is 8.95. The van der Waals surface area contributed by atoms with E-state index in [0.717, 1.165) is 24.7 Å². The number of benzene rings is 1. The van der Waals surface area contributed by atoms with E-state index in [2.05, 4.69) is 33.2 Å². The molecule has 3 rings (SSSR count). The van der Waals surface area contributed by atoms with Crippen molar-refractivity contribution in [2.45, 2.75) is 33.4 Å². The van der Waals surface area contributed by atoms with Crippen molar-refractivity contribution >= 4 is 29.4 Å². The summed E-state index contributed by atoms with van der Waals surface area (Å²) in [6, 6.07) is 10.4. The number of rotatable bonds is 3. The van der Waals surface area contributed by atoms with Gasteiger partial charge in [0.1, 0.15) is 0 Å². The second-order valence-electron chi connectivity index (χ2n) is 4.75. The highest BCUT2D eigenvalue weighted by Gasteiger charge is 2.17. The molecule has 0 bridgehead atoms. The lowest BCUT2D eigenvalue weighted by molar-refractivity contribution is -0.126. The van der Waals surface area contributed by atoms with E-state index in [4.69, 9.17) is 16.4 Å². The molecule has 0 fully saturated rings. The van der Waals surface area contributed by atoms with Crippen LogP contribution >= 0.6 is 22.9 Å². The molecule has 0 unspecified atom stereocenters. The molecule has 1 aromatic heterocycles. The first kappa shape index (κ1) is 19.7. The predicted octanol–water partition coefficient (Wildman–Crippen LogP) is 4.78. The van der Waals surface area contributed by atoms with Crippen LogP contribution in [0.25, 0.3) is 0 Å². The summed E-state index contributed by atoms with van der Waals surface area (Å²) in [5.74, 6) is 0. The number of nitrogens with zero attached hydrogens (tertiary/aromatic N) is 1. The Morgan fingerprint density at radius 1 is 1.30 bits per heavy atom. The van der Waals surface area contributed by atoms with Gasteiger partial charge >= 0.3 is 0 Å². The Kier molecular flexibility index (Phi) is 9.60. The fraction of sp³-hybridized carbons (Fsp3) is 0.389. The Balaban J connectivity index is 0.000000388. The fourth-order valence-corrected chi connectivity index (χ4v) is 3.39. The van der Waals surface area contributed by atoms with Gasteiger partial charge in [-0.2, -0.15) is 0 Å². The lowest BCUT2D eigenvalue weighted by Gasteiger charge is -2.27. The maximum Gasteiger partial charge on any atom is 0.292 e. The highest BCUT2D eigenvalue weighted by Crippen LogP contribution is 2.26. The van der Waals surface area contributed by atoms with Crippen LogP contribution in [0.1, 0.15) is 29.9 Å². The first-order valence-electron chi connectivity index (χ1n) is 7.72. The van der Waals surface area contributed by atoms with Crippen molar-refractivity contribution in [1.29, 1.82) is 0 Å². The van der Waals surface area contributed by atoms with Crippen molar-refractivity contribution in [3.63, 3.8) is 0 Å². The van der Waals surface area contributed by atoms with Crippen LogP contribution in [0.2, 0.25) is 5.02 Å². The van der Waals surface area contributed by atoms with Crippen LogP contribution in [-0.4, -0.2) is 25.0 Å². The summed E-state index contributed by atoms with van der Waals surface area (Å²) in [6.07, 6.45) is 1.18. The van der Waals surface area contributed by atoms with Gasteiger partial charge in [-0.25, -0.2) is 0 Å². The SMILES string of the molecule is CC.COC=O.Clc1ccccc1CN1CCc2sccc2C1. The third-order valence-corrected chi connectivity index (χ3v) is 4.73. The Hall–Kier alpha value is -1.36. The number of thiophene rings is 1. The molecule has 0 aliphatic carbocycles. The lowest BCUT2D eigenvalue weighted by Crippen LogP contribution is -2.29. The van der Waals surface area contributed by atoms with Gasteiger partial charge in [-0.15, -0.1) is 11.3 Å². The number of hydrogen-bond donors (Lipinski definition) is 0. The van der Waals surface area contributed by atoms with E-state index in [-0.39, 0.29) is 0 Å². The van der Waals surface area contributed by atoms with Gasteiger partial charge in [0, 0.05) is 29.5 Å². The standard InChI is InChI=1S/C14H14ClNS.C2H4O2.C2H6/c15-13-4-2-1-3-11(13)9-16-7-5-14-12(10-16)6-8-17-14;1-4-2-3;1-2/h1-4,6,8H,5,7,9-10H2;2H,1H3;1-2H3. The Morgan fingerprint density at radius 3 is 2.65 bits per heavy atom. The fourth-order valence-electron chi connectivity index (χ4n) is 2.31. The molecule has 126 valence electrons. The van der Waals surface area contributed by atoms with Gasteiger partial charge in [-0.1, -0.05) is 43.6 Å². The first-order chi connectivity index (χ1) is 11.2. The van der Waals surface area contributed by atoms with Crippen molar-refractivity contribution in [3.8, 4) is 0 Å². The molecule has 2 heterocycles. The highest BCUT2D eigenvalue weighted by molar-refractivity contribution is 7.10. The third-order valence-electron chi connectivity index (χ3n) is 3.33. The number of hydrogen-bond acceptors (Lipinski definition) is 4. The highest BCUT2D eigenvalue weighted by atomic mass is 35.5. The first-order valence-corrected chi connectivity index (χ1v) is 8.97. The number of halogens is 1. The van der Waals surface area contributed by atoms with Gasteiger partial charge in [-0.05, 0) is 35.1 Å². The summed E-state index contributed by atoms with van der Waals surface area (Å²) in [6.45, 7) is 7.53. The normalized spacial score (nSPS) is 12.9. The van der Waals surface area contributed by atoms with E-state index in [1.54, 1.807) is 4.88 Å². The molecule has 5 heteroatoms. The molecular weight excluding hydrogens is 330 g/mol. The second kappa shape index (κ2) is 11.2. The van der Waals surface area contributed by atoms with E-state index < -0.39 is 0 Å². The zero-order valence-electron chi connectivity index (χ0n) is 13.9. The van der Waals surface area contributed by atoms with Crippen LogP contribution in [0.5, 0.6) is 0 Å². The molecule has 23 heavy (non-hydrogen) atoms. The zero-order valence-corrected chi connectivity index (χ0v) is 15.5. The zero-order chi connectivity index (χ0) is 17.1. The van der Waals surface area contributed by atoms with Gasteiger partial charge in [0.15, 0.2) is 0 Å². The van der Waals surface area contributed by atoms with Crippen molar-refractivity contribution in [3.05, 3.63) is 56.7 Å². The maximum atomic E-state index is 8.95. The Labute approximate surface area is 147 Å². The molecule has 1 aliphatic heterocycles. The third kappa shape index (κ3) is 6.34. The van der Waals surface area contributed by atoms with Gasteiger partial charge in [0.25, 0.3) is 6.47 Å². The molecule has 0 amide bonds. The number of carbonyl (C=O) groups excluding carboxylic acids is 1.